The van der Waals surface area contributed by atoms with Gasteiger partial charge in [-0.1, -0.05) is 19.1 Å². The summed E-state index contributed by atoms with van der Waals surface area (Å²) in [5.41, 5.74) is 0.345. The number of carbonyl (C=O) groups excluding carboxylic acids is 1. The van der Waals surface area contributed by atoms with Crippen LogP contribution in [0, 0.1) is 5.92 Å². The van der Waals surface area contributed by atoms with Gasteiger partial charge in [-0.3, -0.25) is 4.79 Å². The average Bonchev–Trinajstić information content (AvgIpc) is 3.55. The van der Waals surface area contributed by atoms with Crippen LogP contribution in [0.4, 0.5) is 19.0 Å². The maximum absolute atomic E-state index is 13.8. The smallest absolute Gasteiger partial charge is 0.365 e. The maximum Gasteiger partial charge on any atom is 0.417 e. The molecule has 4 atom stereocenters. The first-order chi connectivity index (χ1) is 15.9. The van der Waals surface area contributed by atoms with Crippen molar-refractivity contribution in [2.45, 2.75) is 50.5 Å². The Morgan fingerprint density at radius 2 is 1.88 bits per heavy atom. The van der Waals surface area contributed by atoms with Gasteiger partial charge in [-0.2, -0.15) is 28.2 Å². The molecule has 1 aromatic carbocycles. The summed E-state index contributed by atoms with van der Waals surface area (Å²) in [6, 6.07) is 9.56. The summed E-state index contributed by atoms with van der Waals surface area (Å²) >= 11 is 0. The molecule has 0 radical (unpaired) electrons. The summed E-state index contributed by atoms with van der Waals surface area (Å²) in [6.07, 6.45) is 2.06. The van der Waals surface area contributed by atoms with Gasteiger partial charge in [-0.05, 0) is 49.4 Å². The number of likely N-dealkylation sites (tertiary alicyclic amines) is 1. The van der Waals surface area contributed by atoms with E-state index < -0.39 is 11.7 Å². The van der Waals surface area contributed by atoms with E-state index in [1.165, 1.54) is 10.9 Å². The lowest BCUT2D eigenvalue weighted by Crippen LogP contribution is -2.52. The number of fused-ring (bicyclic) bond motifs is 2. The van der Waals surface area contributed by atoms with Gasteiger partial charge in [0.15, 0.2) is 0 Å². The molecular formula is C23H23F3N6O. The molecule has 0 spiro atoms. The number of carbonyl (C=O) groups is 1. The number of para-hydroxylation sites is 1. The molecule has 2 aliphatic rings. The number of nitrogens with one attached hydrogen (secondary N) is 1. The van der Waals surface area contributed by atoms with Crippen molar-refractivity contribution in [2.75, 3.05) is 5.32 Å². The molecule has 2 aromatic heterocycles. The van der Waals surface area contributed by atoms with Gasteiger partial charge in [0.1, 0.15) is 5.82 Å². The average molecular weight is 456 g/mol. The molecule has 5 rings (SSSR count). The fourth-order valence-corrected chi connectivity index (χ4v) is 5.28. The van der Waals surface area contributed by atoms with Crippen LogP contribution >= 0.6 is 0 Å². The zero-order valence-electron chi connectivity index (χ0n) is 17.9. The SMILES string of the molecule is CC[C@@H]1[C@@H]2C[C@@H](Nc3ccc(C(F)(F)F)cn3)[C@H](C2)N1C(=O)c1ccccc1-n1nccn1. The molecule has 7 nitrogen and oxygen atoms in total. The Balaban J connectivity index is 1.40. The van der Waals surface area contributed by atoms with Gasteiger partial charge in [0.2, 0.25) is 0 Å². The molecule has 0 unspecified atom stereocenters. The molecule has 172 valence electrons. The van der Waals surface area contributed by atoms with Crippen LogP contribution in [0.15, 0.2) is 55.0 Å². The van der Waals surface area contributed by atoms with Crippen LogP contribution in [0.2, 0.25) is 0 Å². The molecule has 1 aliphatic heterocycles. The highest BCUT2D eigenvalue weighted by Gasteiger charge is 2.52. The van der Waals surface area contributed by atoms with Crippen LogP contribution in [0.1, 0.15) is 42.1 Å². The number of hydrogen-bond donors (Lipinski definition) is 1. The minimum absolute atomic E-state index is 0.0739. The Morgan fingerprint density at radius 1 is 1.12 bits per heavy atom. The number of rotatable bonds is 5. The third-order valence-corrected chi connectivity index (χ3v) is 6.67. The molecule has 2 bridgehead atoms. The third-order valence-electron chi connectivity index (χ3n) is 6.67. The van der Waals surface area contributed by atoms with Crippen molar-refractivity contribution in [2.24, 2.45) is 5.92 Å². The Kier molecular flexibility index (Phi) is 5.30. The number of anilines is 1. The van der Waals surface area contributed by atoms with Crippen molar-refractivity contribution in [3.8, 4) is 5.69 Å². The van der Waals surface area contributed by atoms with E-state index in [9.17, 15) is 18.0 Å². The van der Waals surface area contributed by atoms with Gasteiger partial charge in [0.05, 0.1) is 35.2 Å². The number of hydrogen-bond acceptors (Lipinski definition) is 5. The van der Waals surface area contributed by atoms with Gasteiger partial charge in [-0.15, -0.1) is 0 Å². The van der Waals surface area contributed by atoms with Crippen LogP contribution in [-0.2, 0) is 6.18 Å². The quantitative estimate of drug-likeness (QED) is 0.624. The molecule has 2 fully saturated rings. The number of alkyl halides is 3. The Hall–Kier alpha value is -3.43. The molecule has 1 saturated carbocycles. The highest BCUT2D eigenvalue weighted by Crippen LogP contribution is 2.45. The van der Waals surface area contributed by atoms with Crippen molar-refractivity contribution >= 4 is 11.7 Å². The summed E-state index contributed by atoms with van der Waals surface area (Å²) in [5, 5.41) is 11.6. The topological polar surface area (TPSA) is 75.9 Å². The van der Waals surface area contributed by atoms with E-state index in [1.54, 1.807) is 18.5 Å². The molecular weight excluding hydrogens is 433 g/mol. The van der Waals surface area contributed by atoms with E-state index in [0.717, 1.165) is 31.5 Å². The van der Waals surface area contributed by atoms with Crippen molar-refractivity contribution in [3.05, 3.63) is 66.1 Å². The lowest BCUT2D eigenvalue weighted by atomic mass is 9.93. The van der Waals surface area contributed by atoms with Crippen LogP contribution in [0.25, 0.3) is 5.69 Å². The minimum Gasteiger partial charge on any atom is -0.365 e. The summed E-state index contributed by atoms with van der Waals surface area (Å²) in [5.74, 6) is 0.613. The van der Waals surface area contributed by atoms with Crippen LogP contribution < -0.4 is 5.32 Å². The molecule has 1 N–H and O–H groups in total. The third kappa shape index (κ3) is 3.83. The van der Waals surface area contributed by atoms with Crippen LogP contribution in [0.5, 0.6) is 0 Å². The number of nitrogens with zero attached hydrogens (tertiary/aromatic N) is 5. The lowest BCUT2D eigenvalue weighted by Gasteiger charge is -2.40. The molecule has 1 saturated heterocycles. The van der Waals surface area contributed by atoms with Gasteiger partial charge >= 0.3 is 6.18 Å². The Bertz CT molecular complexity index is 1130. The van der Waals surface area contributed by atoms with Crippen molar-refractivity contribution in [1.29, 1.82) is 0 Å². The highest BCUT2D eigenvalue weighted by atomic mass is 19.4. The Morgan fingerprint density at radius 3 is 2.55 bits per heavy atom. The second-order valence-corrected chi connectivity index (χ2v) is 8.50. The first kappa shape index (κ1) is 21.4. The molecule has 3 heterocycles. The van der Waals surface area contributed by atoms with Crippen LogP contribution in [0.3, 0.4) is 0 Å². The number of pyridine rings is 1. The van der Waals surface area contributed by atoms with E-state index in [0.29, 0.717) is 23.0 Å². The number of piperidine rings is 1. The molecule has 1 amide bonds. The van der Waals surface area contributed by atoms with Gasteiger partial charge < -0.3 is 10.2 Å². The largest absolute Gasteiger partial charge is 0.417 e. The molecule has 3 aromatic rings. The number of aromatic nitrogens is 4. The monoisotopic (exact) mass is 456 g/mol. The maximum atomic E-state index is 13.8. The van der Waals surface area contributed by atoms with E-state index in [2.05, 4.69) is 27.4 Å². The van der Waals surface area contributed by atoms with E-state index >= 15 is 0 Å². The number of amides is 1. The van der Waals surface area contributed by atoms with Crippen molar-refractivity contribution < 1.29 is 18.0 Å². The Labute approximate surface area is 188 Å². The number of halogens is 3. The standard InChI is InChI=1S/C23H23F3N6O/c1-2-18-14-11-17(30-21-8-7-15(13-27-21)23(24,25)26)20(12-14)31(18)22(33)16-5-3-4-6-19(16)32-28-9-10-29-32/h3-10,13-14,17-18,20H,2,11-12H2,1H3,(H,27,30)/t14-,17-,18-,20+/m1/s1. The second kappa shape index (κ2) is 8.17. The first-order valence-electron chi connectivity index (χ1n) is 10.9. The summed E-state index contributed by atoms with van der Waals surface area (Å²) in [4.78, 5) is 21.1. The van der Waals surface area contributed by atoms with Gasteiger partial charge in [-0.25, -0.2) is 4.98 Å². The molecule has 1 aliphatic carbocycles. The van der Waals surface area contributed by atoms with E-state index in [4.69, 9.17) is 0 Å². The first-order valence-corrected chi connectivity index (χ1v) is 10.9. The van der Waals surface area contributed by atoms with E-state index in [1.807, 2.05) is 23.1 Å². The highest BCUT2D eigenvalue weighted by molar-refractivity contribution is 5.98. The summed E-state index contributed by atoms with van der Waals surface area (Å²) in [7, 11) is 0. The molecule has 33 heavy (non-hydrogen) atoms. The predicted molar refractivity (Wildman–Crippen MR) is 115 cm³/mol. The van der Waals surface area contributed by atoms with Gasteiger partial charge in [0, 0.05) is 18.3 Å². The number of benzene rings is 1. The van der Waals surface area contributed by atoms with Crippen molar-refractivity contribution in [1.82, 2.24) is 24.9 Å². The zero-order chi connectivity index (χ0) is 23.2. The van der Waals surface area contributed by atoms with Crippen LogP contribution in [-0.4, -0.2) is 48.9 Å². The second-order valence-electron chi connectivity index (χ2n) is 8.50. The molecule has 10 heteroatoms. The fraction of sp³-hybridized carbons (Fsp3) is 0.391. The van der Waals surface area contributed by atoms with Gasteiger partial charge in [0.25, 0.3) is 5.91 Å². The van der Waals surface area contributed by atoms with Crippen molar-refractivity contribution in [3.63, 3.8) is 0 Å². The summed E-state index contributed by atoms with van der Waals surface area (Å²) < 4.78 is 38.5. The fourth-order valence-electron chi connectivity index (χ4n) is 5.28. The lowest BCUT2D eigenvalue weighted by molar-refractivity contribution is -0.137. The normalized spacial score (nSPS) is 24.3. The summed E-state index contributed by atoms with van der Waals surface area (Å²) in [6.45, 7) is 2.08. The zero-order valence-corrected chi connectivity index (χ0v) is 17.9. The predicted octanol–water partition coefficient (Wildman–Crippen LogP) is 4.17. The minimum atomic E-state index is -4.42. The van der Waals surface area contributed by atoms with E-state index in [-0.39, 0.29) is 24.0 Å².